The summed E-state index contributed by atoms with van der Waals surface area (Å²) in [6.07, 6.45) is -1.12. The van der Waals surface area contributed by atoms with Gasteiger partial charge in [0.25, 0.3) is 5.91 Å². The smallest absolute Gasteiger partial charge is 0.375 e. The Morgan fingerprint density at radius 3 is 1.47 bits per heavy atom. The second-order valence-corrected chi connectivity index (χ2v) is 17.1. The van der Waals surface area contributed by atoms with Crippen LogP contribution in [-0.4, -0.2) is 168 Å². The number of ether oxygens (including phenoxy) is 1. The monoisotopic (exact) mass is 853 g/mol. The van der Waals surface area contributed by atoms with Crippen LogP contribution < -0.4 is 21.3 Å². The summed E-state index contributed by atoms with van der Waals surface area (Å²) in [4.78, 5) is 139. The van der Waals surface area contributed by atoms with E-state index >= 15 is 0 Å². The van der Waals surface area contributed by atoms with Gasteiger partial charge in [-0.3, -0.25) is 39.6 Å². The number of hydrogen-bond donors (Lipinski definition) is 4. The average Bonchev–Trinajstić information content (AvgIpc) is 3.14. The first-order valence-corrected chi connectivity index (χ1v) is 20.1. The predicted molar refractivity (Wildman–Crippen MR) is 220 cm³/mol. The Morgan fingerprint density at radius 1 is 0.550 bits per heavy atom. The number of hydrogen-bond acceptors (Lipinski definition) is 12. The van der Waals surface area contributed by atoms with E-state index in [0.717, 1.165) is 23.9 Å². The van der Waals surface area contributed by atoms with Crippen LogP contribution in [0.25, 0.3) is 0 Å². The lowest BCUT2D eigenvalue weighted by Crippen LogP contribution is -2.60. The number of nitrogens with zero attached hydrogens (tertiary/aromatic N) is 6. The third-order valence-corrected chi connectivity index (χ3v) is 9.84. The quantitative estimate of drug-likeness (QED) is 0.203. The highest BCUT2D eigenvalue weighted by Crippen LogP contribution is 2.20. The van der Waals surface area contributed by atoms with Gasteiger partial charge < -0.3 is 25.2 Å². The molecule has 1 saturated heterocycles. The normalized spacial score (nSPS) is 24.3. The van der Waals surface area contributed by atoms with Crippen LogP contribution in [0.5, 0.6) is 0 Å². The molecular weight excluding hydrogens is 784 g/mol. The van der Waals surface area contributed by atoms with Gasteiger partial charge in [-0.1, -0.05) is 55.4 Å². The van der Waals surface area contributed by atoms with E-state index in [1.807, 2.05) is 52.2 Å². The van der Waals surface area contributed by atoms with Gasteiger partial charge in [0.2, 0.25) is 17.7 Å². The lowest BCUT2D eigenvalue weighted by atomic mass is 9.98. The van der Waals surface area contributed by atoms with Crippen LogP contribution in [0.4, 0.5) is 24.0 Å². The van der Waals surface area contributed by atoms with E-state index in [-0.39, 0.29) is 36.5 Å². The molecule has 21 heteroatoms. The molecule has 0 bridgehead atoms. The van der Waals surface area contributed by atoms with Gasteiger partial charge in [0.1, 0.15) is 24.7 Å². The SMILES string of the molecule is CC(C)CC1C(=O)NC(=O)N(C)C(=O)N(C)C(=O)NC(=O)N(C)CC(=O)N(C)[C@@H](CC(C)C)C(=O)N[C@H](CC(C)C)N(C)[C@H](CC(C)C)C(=O)N[C@H](C)C(=O)OC(=O)N1C. The number of likely N-dealkylation sites (N-methyl/N-ethyl adjacent to an activating group) is 4. The fraction of sp³-hybridized carbons (Fsp3) is 0.744. The zero-order valence-corrected chi connectivity index (χ0v) is 37.9. The van der Waals surface area contributed by atoms with Gasteiger partial charge in [0, 0.05) is 35.2 Å². The van der Waals surface area contributed by atoms with Crippen LogP contribution in [-0.2, 0) is 28.7 Å². The van der Waals surface area contributed by atoms with Crippen molar-refractivity contribution in [3.63, 3.8) is 0 Å². The number of urea groups is 4. The summed E-state index contributed by atoms with van der Waals surface area (Å²) in [7, 11) is 7.37. The maximum absolute atomic E-state index is 14.1. The molecule has 340 valence electrons. The first-order valence-electron chi connectivity index (χ1n) is 20.1. The summed E-state index contributed by atoms with van der Waals surface area (Å²) in [6, 6.07) is -9.59. The number of carbonyl (C=O) groups is 10. The van der Waals surface area contributed by atoms with Gasteiger partial charge in [0.05, 0.1) is 12.2 Å². The fourth-order valence-corrected chi connectivity index (χ4v) is 6.18. The van der Waals surface area contributed by atoms with Gasteiger partial charge in [-0.25, -0.2) is 38.6 Å². The number of cyclic esters (lactones) is 2. The Balaban J connectivity index is 3.79. The second kappa shape index (κ2) is 23.4. The Bertz CT molecular complexity index is 1600. The zero-order valence-electron chi connectivity index (χ0n) is 37.9. The van der Waals surface area contributed by atoms with Crippen molar-refractivity contribution in [2.45, 2.75) is 118 Å². The highest BCUT2D eigenvalue weighted by molar-refractivity contribution is 6.08. The lowest BCUT2D eigenvalue weighted by Gasteiger charge is -2.38. The van der Waals surface area contributed by atoms with E-state index in [4.69, 9.17) is 4.74 Å². The van der Waals surface area contributed by atoms with Crippen molar-refractivity contribution in [3.05, 3.63) is 0 Å². The number of carbonyl (C=O) groups excluding carboxylic acids is 10. The molecule has 1 aliphatic rings. The molecule has 0 aromatic rings. The van der Waals surface area contributed by atoms with Crippen molar-refractivity contribution in [3.8, 4) is 0 Å². The highest BCUT2D eigenvalue weighted by Gasteiger charge is 2.38. The molecule has 0 saturated carbocycles. The van der Waals surface area contributed by atoms with Gasteiger partial charge in [-0.2, -0.15) is 0 Å². The van der Waals surface area contributed by atoms with E-state index < -0.39 is 96.7 Å². The predicted octanol–water partition coefficient (Wildman–Crippen LogP) is 2.20. The molecule has 1 aliphatic heterocycles. The molecule has 0 aromatic heterocycles. The first kappa shape index (κ1) is 52.7. The molecule has 0 aliphatic carbocycles. The summed E-state index contributed by atoms with van der Waals surface area (Å²) >= 11 is 0. The Hall–Kier alpha value is -5.34. The Kier molecular flexibility index (Phi) is 20.6. The lowest BCUT2D eigenvalue weighted by molar-refractivity contribution is -0.144. The van der Waals surface area contributed by atoms with Gasteiger partial charge in [-0.05, 0) is 63.3 Å². The van der Waals surface area contributed by atoms with Crippen LogP contribution >= 0.6 is 0 Å². The summed E-state index contributed by atoms with van der Waals surface area (Å²) < 4.78 is 5.07. The number of nitrogens with one attached hydrogen (secondary N) is 4. The minimum Gasteiger partial charge on any atom is -0.375 e. The zero-order chi connectivity index (χ0) is 46.5. The van der Waals surface area contributed by atoms with Gasteiger partial charge in [-0.15, -0.1) is 0 Å². The minimum atomic E-state index is -1.39. The third-order valence-electron chi connectivity index (χ3n) is 9.84. The molecule has 1 fully saturated rings. The van der Waals surface area contributed by atoms with Crippen LogP contribution in [0.1, 0.15) is 88.0 Å². The standard InChI is InChI=1S/C39H68N10O11/c1-21(2)16-26-31(51)40-25(9)34(54)60-39(59)47(13)28(18-23(5)6)33(53)42-36(56)48(14)38(58)49(15)37(57)43-35(55)44(10)20-30(50)46(12)27(17-22(3)4)32(52)41-29(45(26)11)19-24(7)8/h21-29H,16-20H2,1-15H3,(H,40,51)(H,41,52)(H,42,53,56)(H,43,55,57)/t25-,26-,27+,28?,29+/m1/s1. The van der Waals surface area contributed by atoms with Crippen LogP contribution in [0, 0.1) is 23.7 Å². The maximum atomic E-state index is 14.1. The van der Waals surface area contributed by atoms with Crippen LogP contribution in [0.3, 0.4) is 0 Å². The van der Waals surface area contributed by atoms with Gasteiger partial charge >= 0.3 is 36.2 Å². The topological polar surface area (TPSA) is 247 Å². The summed E-state index contributed by atoms with van der Waals surface area (Å²) in [5.41, 5.74) is 0. The minimum absolute atomic E-state index is 0.0192. The van der Waals surface area contributed by atoms with Crippen molar-refractivity contribution in [1.82, 2.24) is 50.7 Å². The molecule has 5 atom stereocenters. The Labute approximate surface area is 353 Å². The van der Waals surface area contributed by atoms with E-state index in [2.05, 4.69) is 10.6 Å². The summed E-state index contributed by atoms with van der Waals surface area (Å²) in [5, 5.41) is 9.60. The molecule has 1 rings (SSSR count). The summed E-state index contributed by atoms with van der Waals surface area (Å²) in [6.45, 7) is 15.6. The van der Waals surface area contributed by atoms with Crippen molar-refractivity contribution in [1.29, 1.82) is 0 Å². The summed E-state index contributed by atoms with van der Waals surface area (Å²) in [5.74, 6) is -4.27. The fourth-order valence-electron chi connectivity index (χ4n) is 6.18. The maximum Gasteiger partial charge on any atom is 0.417 e. The molecule has 4 N–H and O–H groups in total. The highest BCUT2D eigenvalue weighted by atomic mass is 16.6. The number of rotatable bonds is 8. The largest absolute Gasteiger partial charge is 0.417 e. The van der Waals surface area contributed by atoms with E-state index in [9.17, 15) is 47.9 Å². The molecule has 1 unspecified atom stereocenters. The second-order valence-electron chi connectivity index (χ2n) is 17.1. The molecule has 0 aromatic carbocycles. The Morgan fingerprint density at radius 2 is 0.983 bits per heavy atom. The average molecular weight is 853 g/mol. The number of imide groups is 4. The molecular formula is C39H68N10O11. The van der Waals surface area contributed by atoms with Crippen LogP contribution in [0.15, 0.2) is 0 Å². The van der Waals surface area contributed by atoms with E-state index in [1.54, 1.807) is 25.8 Å². The third kappa shape index (κ3) is 15.7. The van der Waals surface area contributed by atoms with Gasteiger partial charge in [0.15, 0.2) is 0 Å². The van der Waals surface area contributed by atoms with Crippen molar-refractivity contribution in [2.24, 2.45) is 23.7 Å². The van der Waals surface area contributed by atoms with Crippen LogP contribution in [0.2, 0.25) is 0 Å². The van der Waals surface area contributed by atoms with Crippen molar-refractivity contribution < 1.29 is 52.7 Å². The van der Waals surface area contributed by atoms with Crippen molar-refractivity contribution >= 4 is 59.8 Å². The molecule has 21 nitrogen and oxygen atoms in total. The molecule has 13 amide bonds. The molecule has 1 heterocycles. The molecule has 0 radical (unpaired) electrons. The van der Waals surface area contributed by atoms with Crippen molar-refractivity contribution in [2.75, 3.05) is 48.8 Å². The number of amides is 13. The van der Waals surface area contributed by atoms with E-state index in [0.29, 0.717) is 22.6 Å². The molecule has 60 heavy (non-hydrogen) atoms. The molecule has 0 spiro atoms. The number of esters is 1. The van der Waals surface area contributed by atoms with E-state index in [1.165, 1.54) is 33.0 Å². The first-order chi connectivity index (χ1) is 27.6.